The number of unbranched alkanes of at least 4 members (excludes halogenated alkanes) is 37. The van der Waals surface area contributed by atoms with E-state index in [1.807, 2.05) is 0 Å². The Kier molecular flexibility index (Phi) is 56.7. The van der Waals surface area contributed by atoms with Gasteiger partial charge in [-0.05, 0) is 109 Å². The van der Waals surface area contributed by atoms with E-state index in [0.29, 0.717) is 19.3 Å². The van der Waals surface area contributed by atoms with Crippen molar-refractivity contribution in [2.75, 3.05) is 13.2 Å². The molecule has 0 spiro atoms. The molecular weight excluding hydrogens is 1070 g/mol. The average molecular weight is 1200 g/mol. The van der Waals surface area contributed by atoms with Gasteiger partial charge in [-0.15, -0.1) is 0 Å². The van der Waals surface area contributed by atoms with Gasteiger partial charge in [0.15, 0.2) is 24.6 Å². The number of allylic oxidation sites excluding steroid dienone is 10. The van der Waals surface area contributed by atoms with Crippen LogP contribution >= 0.6 is 0 Å². The molecule has 1 aliphatic heterocycles. The minimum atomic E-state index is -1.91. The molecule has 1 fully saturated rings. The van der Waals surface area contributed by atoms with E-state index < -0.39 is 67.3 Å². The highest BCUT2D eigenvalue weighted by molar-refractivity contribution is 5.74. The van der Waals surface area contributed by atoms with Gasteiger partial charge in [0.05, 0.1) is 6.61 Å². The molecule has 0 aliphatic carbocycles. The van der Waals surface area contributed by atoms with Crippen molar-refractivity contribution in [1.82, 2.24) is 0 Å². The Morgan fingerprint density at radius 1 is 0.388 bits per heavy atom. The highest BCUT2D eigenvalue weighted by atomic mass is 16.7. The van der Waals surface area contributed by atoms with Crippen molar-refractivity contribution in [2.45, 2.75) is 366 Å². The van der Waals surface area contributed by atoms with Gasteiger partial charge in [-0.3, -0.25) is 14.4 Å². The monoisotopic (exact) mass is 1200 g/mol. The zero-order valence-electron chi connectivity index (χ0n) is 54.6. The Bertz CT molecular complexity index is 1710. The summed E-state index contributed by atoms with van der Waals surface area (Å²) < 4.78 is 28.6. The summed E-state index contributed by atoms with van der Waals surface area (Å²) in [6.07, 6.45) is 64.5. The smallest absolute Gasteiger partial charge is 0.335 e. The normalized spacial score (nSPS) is 17.8. The molecule has 85 heavy (non-hydrogen) atoms. The molecule has 1 saturated heterocycles. The number of hydrogen-bond donors (Lipinski definition) is 3. The Balaban J connectivity index is 2.63. The molecule has 6 unspecified atom stereocenters. The summed E-state index contributed by atoms with van der Waals surface area (Å²) >= 11 is 0. The van der Waals surface area contributed by atoms with E-state index in [0.717, 1.165) is 103 Å². The van der Waals surface area contributed by atoms with Crippen LogP contribution in [0.2, 0.25) is 0 Å². The van der Waals surface area contributed by atoms with Crippen LogP contribution in [0.5, 0.6) is 0 Å². The van der Waals surface area contributed by atoms with Crippen LogP contribution in [-0.2, 0) is 42.9 Å². The topological polar surface area (TPSA) is 175 Å². The Labute approximate surface area is 519 Å². The fourth-order valence-electron chi connectivity index (χ4n) is 10.6. The number of aliphatic carboxylic acids is 1. The van der Waals surface area contributed by atoms with E-state index in [1.54, 1.807) is 0 Å². The van der Waals surface area contributed by atoms with Crippen molar-refractivity contribution in [3.63, 3.8) is 0 Å². The molecule has 3 N–H and O–H groups in total. The van der Waals surface area contributed by atoms with E-state index in [9.17, 15) is 34.5 Å². The summed E-state index contributed by atoms with van der Waals surface area (Å²) in [5.41, 5.74) is 0. The number of carboxylic acids is 1. The predicted octanol–water partition coefficient (Wildman–Crippen LogP) is 19.5. The van der Waals surface area contributed by atoms with E-state index >= 15 is 0 Å². The maximum Gasteiger partial charge on any atom is 0.335 e. The molecular formula is C73H128O12. The van der Waals surface area contributed by atoms with Crippen LogP contribution < -0.4 is 0 Å². The van der Waals surface area contributed by atoms with Crippen LogP contribution in [0, 0.1) is 0 Å². The van der Waals surface area contributed by atoms with Crippen LogP contribution in [0.25, 0.3) is 0 Å². The third kappa shape index (κ3) is 50.0. The first-order valence-electron chi connectivity index (χ1n) is 35.3. The van der Waals surface area contributed by atoms with Gasteiger partial charge in [-0.1, -0.05) is 261 Å². The zero-order valence-corrected chi connectivity index (χ0v) is 54.6. The first-order valence-corrected chi connectivity index (χ1v) is 35.3. The van der Waals surface area contributed by atoms with Gasteiger partial charge >= 0.3 is 23.9 Å². The van der Waals surface area contributed by atoms with Crippen molar-refractivity contribution < 1.29 is 58.2 Å². The SMILES string of the molecule is CCCCC/C=C\C/C=C\CCCCCCCCCCCC(=O)OCC(COC1OC(C(=O)O)C(O)C(O)C1OC(=O)CCCCCCCCCCC/C=C\C/C=C\CCCCC)OC(=O)CCCCCCCCC/C=C\CCCCCCCC. The lowest BCUT2D eigenvalue weighted by molar-refractivity contribution is -0.301. The molecule has 492 valence electrons. The van der Waals surface area contributed by atoms with Crippen molar-refractivity contribution in [2.24, 2.45) is 0 Å². The van der Waals surface area contributed by atoms with Crippen molar-refractivity contribution in [1.29, 1.82) is 0 Å². The number of carboxylic acid groups (broad SMARTS) is 1. The van der Waals surface area contributed by atoms with Crippen molar-refractivity contribution in [3.8, 4) is 0 Å². The minimum Gasteiger partial charge on any atom is -0.479 e. The van der Waals surface area contributed by atoms with E-state index in [-0.39, 0.29) is 25.9 Å². The summed E-state index contributed by atoms with van der Waals surface area (Å²) in [5.74, 6) is -3.11. The quantitative estimate of drug-likeness (QED) is 0.0228. The van der Waals surface area contributed by atoms with Crippen LogP contribution in [0.4, 0.5) is 0 Å². The van der Waals surface area contributed by atoms with Crippen molar-refractivity contribution in [3.05, 3.63) is 60.8 Å². The molecule has 1 heterocycles. The summed E-state index contributed by atoms with van der Waals surface area (Å²) in [7, 11) is 0. The van der Waals surface area contributed by atoms with E-state index in [1.165, 1.54) is 167 Å². The van der Waals surface area contributed by atoms with Crippen LogP contribution in [0.1, 0.15) is 329 Å². The van der Waals surface area contributed by atoms with Gasteiger partial charge in [0.25, 0.3) is 0 Å². The zero-order chi connectivity index (χ0) is 61.7. The molecule has 1 aliphatic rings. The first kappa shape index (κ1) is 79.4. The van der Waals surface area contributed by atoms with Crippen LogP contribution in [-0.4, -0.2) is 89.2 Å². The Morgan fingerprint density at radius 2 is 0.706 bits per heavy atom. The minimum absolute atomic E-state index is 0.0555. The molecule has 0 radical (unpaired) electrons. The summed E-state index contributed by atoms with van der Waals surface area (Å²) in [5, 5.41) is 31.7. The second-order valence-electron chi connectivity index (χ2n) is 24.2. The number of ether oxygens (including phenoxy) is 5. The highest BCUT2D eigenvalue weighted by Gasteiger charge is 2.50. The van der Waals surface area contributed by atoms with Gasteiger partial charge in [0.2, 0.25) is 0 Å². The number of hydrogen-bond acceptors (Lipinski definition) is 11. The van der Waals surface area contributed by atoms with Crippen molar-refractivity contribution >= 4 is 23.9 Å². The van der Waals surface area contributed by atoms with Gasteiger partial charge in [0.1, 0.15) is 18.8 Å². The van der Waals surface area contributed by atoms with Gasteiger partial charge in [-0.25, -0.2) is 4.79 Å². The number of rotatable bonds is 61. The molecule has 6 atom stereocenters. The molecule has 0 bridgehead atoms. The molecule has 0 saturated carbocycles. The second-order valence-corrected chi connectivity index (χ2v) is 24.2. The average Bonchev–Trinajstić information content (AvgIpc) is 3.51. The second kappa shape index (κ2) is 60.7. The predicted molar refractivity (Wildman–Crippen MR) is 349 cm³/mol. The maximum absolute atomic E-state index is 13.2. The molecule has 12 heteroatoms. The number of aliphatic hydroxyl groups excluding tert-OH is 2. The molecule has 1 rings (SSSR count). The summed E-state index contributed by atoms with van der Waals surface area (Å²) in [6, 6.07) is 0. The standard InChI is InChI=1S/C73H128O12/c1-4-7-10-13-16-19-22-25-28-31-33-36-38-41-44-47-50-53-56-59-65(74)81-62-64(83-66(75)60-57-54-51-48-45-42-39-35-30-27-24-21-18-15-12-9-6-3)63-82-73-71(69(78)68(77)70(85-73)72(79)80)84-67(76)61-58-55-52-49-46-43-40-37-34-32-29-26-23-20-17-14-11-8-5-2/h16-17,19-20,25-30,64,68-71,73,77-78H,4-15,18,21-24,31-63H2,1-3H3,(H,79,80)/b19-16-,20-17-,28-25-,29-26-,30-27-. The molecule has 12 nitrogen and oxygen atoms in total. The summed E-state index contributed by atoms with van der Waals surface area (Å²) in [6.45, 7) is 5.99. The van der Waals surface area contributed by atoms with Crippen LogP contribution in [0.15, 0.2) is 60.8 Å². The third-order valence-corrected chi connectivity index (χ3v) is 16.0. The lowest BCUT2D eigenvalue weighted by atomic mass is 9.98. The Morgan fingerprint density at radius 3 is 1.09 bits per heavy atom. The van der Waals surface area contributed by atoms with E-state index in [4.69, 9.17) is 23.7 Å². The first-order chi connectivity index (χ1) is 41.6. The number of esters is 3. The van der Waals surface area contributed by atoms with Gasteiger partial charge in [-0.2, -0.15) is 0 Å². The molecule has 0 aromatic heterocycles. The fraction of sp³-hybridized carbons (Fsp3) is 0.808. The number of aliphatic hydroxyl groups is 2. The number of carbonyl (C=O) groups excluding carboxylic acids is 3. The lowest BCUT2D eigenvalue weighted by Crippen LogP contribution is -2.61. The fourth-order valence-corrected chi connectivity index (χ4v) is 10.6. The Hall–Kier alpha value is -3.58. The molecule has 0 aromatic rings. The lowest BCUT2D eigenvalue weighted by Gasteiger charge is -2.40. The van der Waals surface area contributed by atoms with Gasteiger partial charge in [0, 0.05) is 19.3 Å². The number of carbonyl (C=O) groups is 4. The van der Waals surface area contributed by atoms with Crippen LogP contribution in [0.3, 0.4) is 0 Å². The van der Waals surface area contributed by atoms with E-state index in [2.05, 4.69) is 81.5 Å². The highest BCUT2D eigenvalue weighted by Crippen LogP contribution is 2.27. The molecule has 0 aromatic carbocycles. The summed E-state index contributed by atoms with van der Waals surface area (Å²) in [4.78, 5) is 51.5. The largest absolute Gasteiger partial charge is 0.479 e. The van der Waals surface area contributed by atoms with Gasteiger partial charge < -0.3 is 39.0 Å². The third-order valence-electron chi connectivity index (χ3n) is 16.0. The maximum atomic E-state index is 13.2. The molecule has 0 amide bonds.